The summed E-state index contributed by atoms with van der Waals surface area (Å²) in [6.07, 6.45) is 0. The Kier molecular flexibility index (Phi) is 6.03. The predicted molar refractivity (Wildman–Crippen MR) is 95.9 cm³/mol. The second kappa shape index (κ2) is 7.79. The molecule has 0 fully saturated rings. The zero-order valence-corrected chi connectivity index (χ0v) is 14.5. The first kappa shape index (κ1) is 17.0. The molecule has 0 aliphatic carbocycles. The first-order valence-electron chi connectivity index (χ1n) is 6.99. The Labute approximate surface area is 143 Å². The highest BCUT2D eigenvalue weighted by atomic mass is 35.5. The van der Waals surface area contributed by atoms with Crippen LogP contribution in [-0.2, 0) is 0 Å². The van der Waals surface area contributed by atoms with E-state index in [0.717, 1.165) is 0 Å². The van der Waals surface area contributed by atoms with E-state index in [-0.39, 0.29) is 12.4 Å². The van der Waals surface area contributed by atoms with Gasteiger partial charge in [-0.15, -0.1) is 0 Å². The largest absolute Gasteiger partial charge is 1.00 e. The monoisotopic (exact) mass is 346 g/mol. The fourth-order valence-electron chi connectivity index (χ4n) is 2.70. The summed E-state index contributed by atoms with van der Waals surface area (Å²) in [5.41, 5.74) is 0.616. The third-order valence-corrected chi connectivity index (χ3v) is 8.74. The standard InChI is InChI=1S/C19H17ClP.ClH/c20-16-21(17-10-4-1-5-11-17,18-12-6-2-7-13-18)19-14-8-3-9-15-19;/h1-15H,16H2;1H/q+1;/p-1. The molecule has 22 heavy (non-hydrogen) atoms. The van der Waals surface area contributed by atoms with E-state index in [2.05, 4.69) is 91.0 Å². The van der Waals surface area contributed by atoms with Gasteiger partial charge in [-0.25, -0.2) is 0 Å². The molecule has 3 heteroatoms. The minimum Gasteiger partial charge on any atom is -1.00 e. The number of hydrogen-bond acceptors (Lipinski definition) is 0. The van der Waals surface area contributed by atoms with Crippen LogP contribution in [0.3, 0.4) is 0 Å². The fraction of sp³-hybridized carbons (Fsp3) is 0.0526. The molecule has 0 aliphatic heterocycles. The zero-order chi connectivity index (χ0) is 14.5. The van der Waals surface area contributed by atoms with Crippen molar-refractivity contribution in [2.45, 2.75) is 0 Å². The van der Waals surface area contributed by atoms with Crippen LogP contribution in [0.2, 0.25) is 0 Å². The minimum absolute atomic E-state index is 0. The van der Waals surface area contributed by atoms with Gasteiger partial charge in [0.15, 0.2) is 0 Å². The number of rotatable bonds is 4. The molecule has 3 aromatic rings. The average Bonchev–Trinajstić information content (AvgIpc) is 2.59. The summed E-state index contributed by atoms with van der Waals surface area (Å²) in [7, 11) is -1.77. The minimum atomic E-state index is -1.77. The van der Waals surface area contributed by atoms with Gasteiger partial charge < -0.3 is 12.4 Å². The smallest absolute Gasteiger partial charge is 0.146 e. The Morgan fingerprint density at radius 3 is 1.05 bits per heavy atom. The van der Waals surface area contributed by atoms with Gasteiger partial charge in [-0.05, 0) is 36.4 Å². The summed E-state index contributed by atoms with van der Waals surface area (Å²) in [6, 6.07) is 32.0. The van der Waals surface area contributed by atoms with Gasteiger partial charge in [-0.2, -0.15) is 0 Å². The first-order valence-corrected chi connectivity index (χ1v) is 9.49. The Morgan fingerprint density at radius 2 is 0.818 bits per heavy atom. The highest BCUT2D eigenvalue weighted by Gasteiger charge is 2.44. The summed E-state index contributed by atoms with van der Waals surface area (Å²) in [5.74, 6) is 0. The van der Waals surface area contributed by atoms with Crippen molar-refractivity contribution in [2.75, 3.05) is 5.62 Å². The predicted octanol–water partition coefficient (Wildman–Crippen LogP) is 1.18. The van der Waals surface area contributed by atoms with E-state index < -0.39 is 7.26 Å². The Balaban J connectivity index is 0.00000176. The molecule has 0 unspecified atom stereocenters. The summed E-state index contributed by atoms with van der Waals surface area (Å²) in [6.45, 7) is 0. The van der Waals surface area contributed by atoms with Gasteiger partial charge in [-0.1, -0.05) is 66.2 Å². The van der Waals surface area contributed by atoms with Crippen molar-refractivity contribution >= 4 is 34.8 Å². The molecule has 0 spiro atoms. The van der Waals surface area contributed by atoms with Crippen LogP contribution in [0.15, 0.2) is 91.0 Å². The topological polar surface area (TPSA) is 0 Å². The number of hydrogen-bond donors (Lipinski definition) is 0. The molecule has 3 aromatic carbocycles. The van der Waals surface area contributed by atoms with Gasteiger partial charge in [-0.3, -0.25) is 0 Å². The highest BCUT2D eigenvalue weighted by molar-refractivity contribution is 7.96. The van der Waals surface area contributed by atoms with Crippen LogP contribution in [0.4, 0.5) is 0 Å². The molecule has 0 saturated heterocycles. The molecule has 3 rings (SSSR count). The average molecular weight is 347 g/mol. The van der Waals surface area contributed by atoms with Crippen molar-refractivity contribution in [3.05, 3.63) is 91.0 Å². The highest BCUT2D eigenvalue weighted by Crippen LogP contribution is 2.55. The molecular formula is C19H17Cl2P. The first-order chi connectivity index (χ1) is 10.4. The van der Waals surface area contributed by atoms with E-state index in [1.54, 1.807) is 0 Å². The second-order valence-corrected chi connectivity index (χ2v) is 9.06. The van der Waals surface area contributed by atoms with E-state index in [1.165, 1.54) is 15.9 Å². The fourth-order valence-corrected chi connectivity index (χ4v) is 7.30. The Bertz CT molecular complexity index is 588. The van der Waals surface area contributed by atoms with Crippen LogP contribution in [0.1, 0.15) is 0 Å². The molecule has 0 aliphatic rings. The Morgan fingerprint density at radius 1 is 0.545 bits per heavy atom. The molecule has 0 radical (unpaired) electrons. The molecular weight excluding hydrogens is 330 g/mol. The van der Waals surface area contributed by atoms with Crippen LogP contribution >= 0.6 is 18.9 Å². The molecule has 112 valence electrons. The maximum Gasteiger partial charge on any atom is 0.146 e. The lowest BCUT2D eigenvalue weighted by atomic mass is 10.4. The maximum absolute atomic E-state index is 6.58. The number of halogens is 2. The Hall–Kier alpha value is -1.33. The van der Waals surface area contributed by atoms with Gasteiger partial charge >= 0.3 is 0 Å². The lowest BCUT2D eigenvalue weighted by Crippen LogP contribution is -3.00. The van der Waals surface area contributed by atoms with Gasteiger partial charge in [0.05, 0.1) is 0 Å². The summed E-state index contributed by atoms with van der Waals surface area (Å²) in [5, 5.41) is 3.99. The van der Waals surface area contributed by atoms with Crippen LogP contribution < -0.4 is 28.3 Å². The van der Waals surface area contributed by atoms with Crippen LogP contribution in [0.25, 0.3) is 0 Å². The number of alkyl halides is 1. The van der Waals surface area contributed by atoms with E-state index >= 15 is 0 Å². The molecule has 0 bridgehead atoms. The summed E-state index contributed by atoms with van der Waals surface area (Å²) < 4.78 is 0. The lowest BCUT2D eigenvalue weighted by Gasteiger charge is -2.25. The van der Waals surface area contributed by atoms with E-state index in [1.807, 2.05) is 0 Å². The second-order valence-electron chi connectivity index (χ2n) is 4.94. The van der Waals surface area contributed by atoms with Crippen molar-refractivity contribution in [1.29, 1.82) is 0 Å². The molecule has 0 atom stereocenters. The van der Waals surface area contributed by atoms with Crippen molar-refractivity contribution in [1.82, 2.24) is 0 Å². The van der Waals surface area contributed by atoms with Crippen LogP contribution in [-0.4, -0.2) is 5.62 Å². The SMILES string of the molecule is ClC[P+](c1ccccc1)(c1ccccc1)c1ccccc1.[Cl-]. The van der Waals surface area contributed by atoms with Gasteiger partial charge in [0.1, 0.15) is 28.8 Å². The lowest BCUT2D eigenvalue weighted by molar-refractivity contribution is -0.00000397. The van der Waals surface area contributed by atoms with Crippen LogP contribution in [0, 0.1) is 0 Å². The van der Waals surface area contributed by atoms with Crippen molar-refractivity contribution in [3.8, 4) is 0 Å². The molecule has 0 aromatic heterocycles. The molecule has 0 heterocycles. The van der Waals surface area contributed by atoms with E-state index in [0.29, 0.717) is 5.62 Å². The van der Waals surface area contributed by atoms with Crippen molar-refractivity contribution < 1.29 is 12.4 Å². The quantitative estimate of drug-likeness (QED) is 0.491. The normalized spacial score (nSPS) is 10.8. The zero-order valence-electron chi connectivity index (χ0n) is 12.1. The number of benzene rings is 3. The van der Waals surface area contributed by atoms with E-state index in [9.17, 15) is 0 Å². The van der Waals surface area contributed by atoms with Gasteiger partial charge in [0, 0.05) is 0 Å². The maximum atomic E-state index is 6.58. The van der Waals surface area contributed by atoms with Gasteiger partial charge in [0.2, 0.25) is 0 Å². The van der Waals surface area contributed by atoms with E-state index in [4.69, 9.17) is 11.6 Å². The van der Waals surface area contributed by atoms with Crippen molar-refractivity contribution in [3.63, 3.8) is 0 Å². The molecule has 0 amide bonds. The summed E-state index contributed by atoms with van der Waals surface area (Å²) in [4.78, 5) is 0. The molecule has 0 saturated carbocycles. The third-order valence-electron chi connectivity index (χ3n) is 3.77. The third kappa shape index (κ3) is 3.06. The van der Waals surface area contributed by atoms with Crippen molar-refractivity contribution in [2.24, 2.45) is 0 Å². The summed E-state index contributed by atoms with van der Waals surface area (Å²) >= 11 is 6.58. The molecule has 0 N–H and O–H groups in total. The van der Waals surface area contributed by atoms with Gasteiger partial charge in [0.25, 0.3) is 0 Å². The van der Waals surface area contributed by atoms with Crippen LogP contribution in [0.5, 0.6) is 0 Å². The molecule has 0 nitrogen and oxygen atoms in total.